The maximum Gasteiger partial charge on any atom is 0.296 e. The first-order chi connectivity index (χ1) is 6.24. The number of fused-ring (bicyclic) bond motifs is 1. The van der Waals surface area contributed by atoms with Crippen molar-refractivity contribution in [2.24, 2.45) is 5.18 Å². The Labute approximate surface area is 72.7 Å². The molecule has 0 aliphatic carbocycles. The van der Waals surface area contributed by atoms with E-state index in [0.29, 0.717) is 5.69 Å². The summed E-state index contributed by atoms with van der Waals surface area (Å²) in [6.07, 6.45) is 0. The summed E-state index contributed by atoms with van der Waals surface area (Å²) >= 11 is 0. The third kappa shape index (κ3) is 0.936. The molecule has 0 aromatic heterocycles. The fraction of sp³-hybridized carbons (Fsp3) is 0. The van der Waals surface area contributed by atoms with Crippen LogP contribution in [0.5, 0.6) is 0 Å². The normalized spacial score (nSPS) is 13.8. The number of amides is 1. The Morgan fingerprint density at radius 1 is 1.23 bits per heavy atom. The number of rotatable bonds is 1. The lowest BCUT2D eigenvalue weighted by Crippen LogP contribution is -2.12. The van der Waals surface area contributed by atoms with E-state index in [9.17, 15) is 14.5 Å². The summed E-state index contributed by atoms with van der Waals surface area (Å²) in [7, 11) is 0. The van der Waals surface area contributed by atoms with E-state index in [4.69, 9.17) is 0 Å². The number of carbonyl (C=O) groups excluding carboxylic acids is 2. The first kappa shape index (κ1) is 7.60. The smallest absolute Gasteiger partial charge is 0.296 e. The van der Waals surface area contributed by atoms with Gasteiger partial charge in [-0.1, -0.05) is 6.07 Å². The molecule has 1 amide bonds. The molecule has 0 unspecified atom stereocenters. The zero-order valence-corrected chi connectivity index (χ0v) is 6.40. The Bertz CT molecular complexity index is 425. The quantitative estimate of drug-likeness (QED) is 0.516. The largest absolute Gasteiger partial charge is 0.318 e. The highest BCUT2D eigenvalue weighted by atomic mass is 16.3. The van der Waals surface area contributed by atoms with E-state index in [0.717, 1.165) is 0 Å². The van der Waals surface area contributed by atoms with Crippen LogP contribution in [-0.4, -0.2) is 11.7 Å². The standard InChI is InChI=1S/C8H4N2O3/c11-7-6-4(9-8(7)12)2-1-3-5(6)10-13/h1-3H,(H,9,11,12). The van der Waals surface area contributed by atoms with Crippen LogP contribution in [0.2, 0.25) is 0 Å². The fourth-order valence-corrected chi connectivity index (χ4v) is 1.25. The van der Waals surface area contributed by atoms with E-state index < -0.39 is 11.7 Å². The lowest BCUT2D eigenvalue weighted by atomic mass is 10.1. The van der Waals surface area contributed by atoms with Gasteiger partial charge in [-0.15, -0.1) is 4.91 Å². The third-order valence-corrected chi connectivity index (χ3v) is 1.82. The second-order valence-corrected chi connectivity index (χ2v) is 2.57. The number of Topliss-reactive ketones (excluding diaryl/α,β-unsaturated/α-hetero) is 1. The van der Waals surface area contributed by atoms with E-state index in [2.05, 4.69) is 10.5 Å². The average molecular weight is 176 g/mol. The number of nitrogens with zero attached hydrogens (tertiary/aromatic N) is 1. The zero-order chi connectivity index (χ0) is 9.42. The van der Waals surface area contributed by atoms with Crippen LogP contribution < -0.4 is 5.32 Å². The van der Waals surface area contributed by atoms with Crippen molar-refractivity contribution in [3.63, 3.8) is 0 Å². The number of hydrogen-bond donors (Lipinski definition) is 1. The zero-order valence-electron chi connectivity index (χ0n) is 6.40. The van der Waals surface area contributed by atoms with Gasteiger partial charge in [0.1, 0.15) is 5.69 Å². The summed E-state index contributed by atoms with van der Waals surface area (Å²) in [6.45, 7) is 0. The molecule has 0 bridgehead atoms. The molecule has 1 aromatic carbocycles. The van der Waals surface area contributed by atoms with E-state index in [-0.39, 0.29) is 11.3 Å². The van der Waals surface area contributed by atoms with Crippen molar-refractivity contribution in [1.82, 2.24) is 0 Å². The molecule has 1 heterocycles. The number of nitroso groups, excluding NO2 is 1. The highest BCUT2D eigenvalue weighted by Gasteiger charge is 2.30. The fourth-order valence-electron chi connectivity index (χ4n) is 1.25. The van der Waals surface area contributed by atoms with Gasteiger partial charge in [0.15, 0.2) is 0 Å². The Hall–Kier alpha value is -2.04. The van der Waals surface area contributed by atoms with Crippen molar-refractivity contribution in [1.29, 1.82) is 0 Å². The summed E-state index contributed by atoms with van der Waals surface area (Å²) in [6, 6.07) is 4.49. The summed E-state index contributed by atoms with van der Waals surface area (Å²) in [4.78, 5) is 32.3. The summed E-state index contributed by atoms with van der Waals surface area (Å²) in [5, 5.41) is 5.00. The van der Waals surface area contributed by atoms with E-state index in [1.165, 1.54) is 6.07 Å². The van der Waals surface area contributed by atoms with Crippen LogP contribution in [0.25, 0.3) is 0 Å². The summed E-state index contributed by atoms with van der Waals surface area (Å²) in [5.41, 5.74) is 0.426. The molecule has 0 saturated carbocycles. The van der Waals surface area contributed by atoms with Gasteiger partial charge in [-0.3, -0.25) is 9.59 Å². The maximum absolute atomic E-state index is 11.2. The van der Waals surface area contributed by atoms with Gasteiger partial charge in [-0.25, -0.2) is 0 Å². The Kier molecular flexibility index (Phi) is 1.45. The molecule has 5 heteroatoms. The topological polar surface area (TPSA) is 75.6 Å². The van der Waals surface area contributed by atoms with Crippen molar-refractivity contribution >= 4 is 23.1 Å². The SMILES string of the molecule is O=Nc1cccc2c1C(=O)C(=O)N2. The molecule has 1 aromatic rings. The highest BCUT2D eigenvalue weighted by molar-refractivity contribution is 6.52. The van der Waals surface area contributed by atoms with Gasteiger partial charge in [0.25, 0.3) is 11.7 Å². The van der Waals surface area contributed by atoms with Crippen molar-refractivity contribution in [3.05, 3.63) is 28.7 Å². The van der Waals surface area contributed by atoms with Crippen molar-refractivity contribution in [2.45, 2.75) is 0 Å². The van der Waals surface area contributed by atoms with Crippen LogP contribution in [0.4, 0.5) is 11.4 Å². The van der Waals surface area contributed by atoms with Gasteiger partial charge in [0.2, 0.25) is 0 Å². The predicted octanol–water partition coefficient (Wildman–Crippen LogP) is 1.22. The molecule has 1 aliphatic rings. The molecule has 0 fully saturated rings. The number of carbonyl (C=O) groups is 2. The molecule has 0 saturated heterocycles. The lowest BCUT2D eigenvalue weighted by molar-refractivity contribution is -0.112. The molecule has 2 rings (SSSR count). The Morgan fingerprint density at radius 3 is 2.69 bits per heavy atom. The van der Waals surface area contributed by atoms with Crippen molar-refractivity contribution < 1.29 is 9.59 Å². The molecule has 0 radical (unpaired) electrons. The summed E-state index contributed by atoms with van der Waals surface area (Å²) in [5.74, 6) is -1.42. The van der Waals surface area contributed by atoms with Crippen LogP contribution in [0.1, 0.15) is 10.4 Å². The van der Waals surface area contributed by atoms with Crippen LogP contribution in [0, 0.1) is 4.91 Å². The van der Waals surface area contributed by atoms with E-state index in [1.54, 1.807) is 12.1 Å². The number of anilines is 1. The minimum Gasteiger partial charge on any atom is -0.318 e. The van der Waals surface area contributed by atoms with Crippen molar-refractivity contribution in [2.75, 3.05) is 5.32 Å². The average Bonchev–Trinajstić information content (AvgIpc) is 2.43. The van der Waals surface area contributed by atoms with Gasteiger partial charge in [0, 0.05) is 0 Å². The minimum atomic E-state index is -0.717. The first-order valence-corrected chi connectivity index (χ1v) is 3.56. The number of benzene rings is 1. The Morgan fingerprint density at radius 2 is 2.00 bits per heavy atom. The van der Waals surface area contributed by atoms with Crippen LogP contribution in [0.3, 0.4) is 0 Å². The van der Waals surface area contributed by atoms with Gasteiger partial charge in [0.05, 0.1) is 11.3 Å². The predicted molar refractivity (Wildman–Crippen MR) is 44.9 cm³/mol. The van der Waals surface area contributed by atoms with Crippen LogP contribution >= 0.6 is 0 Å². The van der Waals surface area contributed by atoms with Gasteiger partial charge >= 0.3 is 0 Å². The lowest BCUT2D eigenvalue weighted by Gasteiger charge is -1.95. The van der Waals surface area contributed by atoms with Gasteiger partial charge in [-0.2, -0.15) is 0 Å². The van der Waals surface area contributed by atoms with Gasteiger partial charge in [-0.05, 0) is 17.3 Å². The minimum absolute atomic E-state index is 0.000787. The van der Waals surface area contributed by atoms with Crippen LogP contribution in [0.15, 0.2) is 23.4 Å². The van der Waals surface area contributed by atoms with E-state index in [1.807, 2.05) is 0 Å². The molecule has 64 valence electrons. The second-order valence-electron chi connectivity index (χ2n) is 2.57. The molecule has 5 nitrogen and oxygen atoms in total. The molecular weight excluding hydrogens is 172 g/mol. The summed E-state index contributed by atoms with van der Waals surface area (Å²) < 4.78 is 0. The number of ketones is 1. The van der Waals surface area contributed by atoms with Gasteiger partial charge < -0.3 is 5.32 Å². The Balaban J connectivity index is 2.71. The first-order valence-electron chi connectivity index (χ1n) is 3.56. The van der Waals surface area contributed by atoms with Crippen LogP contribution in [-0.2, 0) is 4.79 Å². The molecule has 1 aliphatic heterocycles. The molecule has 13 heavy (non-hydrogen) atoms. The maximum atomic E-state index is 11.2. The van der Waals surface area contributed by atoms with Crippen molar-refractivity contribution in [3.8, 4) is 0 Å². The second kappa shape index (κ2) is 2.48. The molecular formula is C8H4N2O3. The van der Waals surface area contributed by atoms with E-state index >= 15 is 0 Å². The molecule has 0 spiro atoms. The number of nitrogens with one attached hydrogen (secondary N) is 1. The molecule has 0 atom stereocenters. The highest BCUT2D eigenvalue weighted by Crippen LogP contribution is 2.31. The monoisotopic (exact) mass is 176 g/mol. The third-order valence-electron chi connectivity index (χ3n) is 1.82. The molecule has 1 N–H and O–H groups in total. The number of hydrogen-bond acceptors (Lipinski definition) is 4.